The first kappa shape index (κ1) is 10.8. The molecule has 1 aromatic rings. The maximum atomic E-state index is 8.92. The lowest BCUT2D eigenvalue weighted by atomic mass is 9.85. The number of hydrogen-bond donors (Lipinski definition) is 1. The van der Waals surface area contributed by atoms with E-state index in [4.69, 9.17) is 11.0 Å². The Morgan fingerprint density at radius 3 is 2.81 bits per heavy atom. The van der Waals surface area contributed by atoms with E-state index in [0.717, 1.165) is 18.2 Å². The number of nitrogens with zero attached hydrogens (tertiary/aromatic N) is 2. The quantitative estimate of drug-likeness (QED) is 0.787. The van der Waals surface area contributed by atoms with Crippen molar-refractivity contribution in [3.05, 3.63) is 23.8 Å². The van der Waals surface area contributed by atoms with Gasteiger partial charge in [0.1, 0.15) is 6.07 Å². The van der Waals surface area contributed by atoms with Crippen LogP contribution in [-0.4, -0.2) is 13.6 Å². The molecule has 2 N–H and O–H groups in total. The molecule has 2 rings (SSSR count). The highest BCUT2D eigenvalue weighted by atomic mass is 15.1. The Labute approximate surface area is 96.5 Å². The van der Waals surface area contributed by atoms with Gasteiger partial charge in [0, 0.05) is 25.0 Å². The van der Waals surface area contributed by atoms with Crippen molar-refractivity contribution in [2.45, 2.75) is 19.3 Å². The van der Waals surface area contributed by atoms with Crippen molar-refractivity contribution < 1.29 is 0 Å². The molecule has 0 aliphatic heterocycles. The van der Waals surface area contributed by atoms with E-state index < -0.39 is 0 Å². The molecule has 0 heterocycles. The number of nitrogens with two attached hydrogens (primary N) is 1. The maximum absolute atomic E-state index is 8.92. The highest BCUT2D eigenvalue weighted by Crippen LogP contribution is 2.29. The lowest BCUT2D eigenvalue weighted by molar-refractivity contribution is 0.321. The van der Waals surface area contributed by atoms with Crippen molar-refractivity contribution in [2.24, 2.45) is 5.92 Å². The third-order valence-corrected chi connectivity index (χ3v) is 3.35. The van der Waals surface area contributed by atoms with Crippen LogP contribution in [0.2, 0.25) is 0 Å². The lowest BCUT2D eigenvalue weighted by Crippen LogP contribution is -2.29. The molecule has 1 aliphatic carbocycles. The number of nitriles is 1. The maximum Gasteiger partial charge on any atom is 0.101 e. The van der Waals surface area contributed by atoms with Crippen molar-refractivity contribution in [1.29, 1.82) is 5.26 Å². The number of benzene rings is 1. The standard InChI is InChI=1S/C13H17N3/c1-16(9-10-3-2-4-10)12-5-6-13(15)11(7-12)8-14/h5-7,10H,2-4,9,15H2,1H3. The van der Waals surface area contributed by atoms with Gasteiger partial charge in [0.2, 0.25) is 0 Å². The Balaban J connectivity index is 2.10. The molecule has 0 aromatic heterocycles. The Morgan fingerprint density at radius 2 is 2.25 bits per heavy atom. The summed E-state index contributed by atoms with van der Waals surface area (Å²) in [5.41, 5.74) is 7.91. The van der Waals surface area contributed by atoms with E-state index in [-0.39, 0.29) is 0 Å². The second kappa shape index (κ2) is 4.44. The summed E-state index contributed by atoms with van der Waals surface area (Å²) in [5, 5.41) is 8.92. The third kappa shape index (κ3) is 2.11. The molecule has 1 aliphatic rings. The molecule has 3 nitrogen and oxygen atoms in total. The molecular weight excluding hydrogens is 198 g/mol. The van der Waals surface area contributed by atoms with Gasteiger partial charge in [-0.1, -0.05) is 6.42 Å². The van der Waals surface area contributed by atoms with E-state index in [2.05, 4.69) is 18.0 Å². The zero-order chi connectivity index (χ0) is 11.5. The molecule has 0 radical (unpaired) electrons. The van der Waals surface area contributed by atoms with Gasteiger partial charge in [0.25, 0.3) is 0 Å². The molecule has 0 bridgehead atoms. The number of nitrogen functional groups attached to an aromatic ring is 1. The van der Waals surface area contributed by atoms with Crippen molar-refractivity contribution in [1.82, 2.24) is 0 Å². The van der Waals surface area contributed by atoms with Crippen molar-refractivity contribution in [3.8, 4) is 6.07 Å². The van der Waals surface area contributed by atoms with Crippen LogP contribution in [-0.2, 0) is 0 Å². The first-order chi connectivity index (χ1) is 7.70. The summed E-state index contributed by atoms with van der Waals surface area (Å²) >= 11 is 0. The van der Waals surface area contributed by atoms with Crippen LogP contribution in [0.3, 0.4) is 0 Å². The van der Waals surface area contributed by atoms with E-state index in [1.807, 2.05) is 18.2 Å². The van der Waals surface area contributed by atoms with E-state index in [0.29, 0.717) is 11.3 Å². The van der Waals surface area contributed by atoms with E-state index in [9.17, 15) is 0 Å². The molecule has 1 fully saturated rings. The van der Waals surface area contributed by atoms with Gasteiger partial charge in [-0.25, -0.2) is 0 Å². The first-order valence-corrected chi connectivity index (χ1v) is 5.71. The van der Waals surface area contributed by atoms with Gasteiger partial charge in [-0.15, -0.1) is 0 Å². The van der Waals surface area contributed by atoms with Gasteiger partial charge in [0.05, 0.1) is 5.56 Å². The molecule has 84 valence electrons. The average molecular weight is 215 g/mol. The molecule has 0 atom stereocenters. The van der Waals surface area contributed by atoms with Crippen molar-refractivity contribution in [3.63, 3.8) is 0 Å². The molecule has 0 amide bonds. The van der Waals surface area contributed by atoms with Gasteiger partial charge >= 0.3 is 0 Å². The SMILES string of the molecule is CN(CC1CCC1)c1ccc(N)c(C#N)c1. The summed E-state index contributed by atoms with van der Waals surface area (Å²) in [6.45, 7) is 1.08. The van der Waals surface area contributed by atoms with Crippen LogP contribution in [0, 0.1) is 17.2 Å². The van der Waals surface area contributed by atoms with Gasteiger partial charge in [-0.05, 0) is 37.0 Å². The van der Waals surface area contributed by atoms with E-state index >= 15 is 0 Å². The second-order valence-corrected chi connectivity index (χ2v) is 4.56. The molecular formula is C13H17N3. The van der Waals surface area contributed by atoms with Crippen LogP contribution < -0.4 is 10.6 Å². The summed E-state index contributed by atoms with van der Waals surface area (Å²) < 4.78 is 0. The minimum absolute atomic E-state index is 0.559. The van der Waals surface area contributed by atoms with E-state index in [1.54, 1.807) is 0 Å². The lowest BCUT2D eigenvalue weighted by Gasteiger charge is -2.31. The summed E-state index contributed by atoms with van der Waals surface area (Å²) in [5.74, 6) is 0.827. The molecule has 1 aromatic carbocycles. The third-order valence-electron chi connectivity index (χ3n) is 3.35. The fraction of sp³-hybridized carbons (Fsp3) is 0.462. The second-order valence-electron chi connectivity index (χ2n) is 4.56. The summed E-state index contributed by atoms with van der Waals surface area (Å²) in [6.07, 6.45) is 4.04. The number of anilines is 2. The number of rotatable bonds is 3. The van der Waals surface area contributed by atoms with Crippen molar-refractivity contribution in [2.75, 3.05) is 24.2 Å². The molecule has 3 heteroatoms. The summed E-state index contributed by atoms with van der Waals surface area (Å²) in [6, 6.07) is 7.78. The Hall–Kier alpha value is -1.69. The molecule has 0 spiro atoms. The van der Waals surface area contributed by atoms with Crippen LogP contribution in [0.25, 0.3) is 0 Å². The zero-order valence-corrected chi connectivity index (χ0v) is 9.61. The Morgan fingerprint density at radius 1 is 1.50 bits per heavy atom. The van der Waals surface area contributed by atoms with Crippen LogP contribution in [0.4, 0.5) is 11.4 Å². The van der Waals surface area contributed by atoms with Crippen LogP contribution in [0.5, 0.6) is 0 Å². The topological polar surface area (TPSA) is 53.0 Å². The summed E-state index contributed by atoms with van der Waals surface area (Å²) in [7, 11) is 2.07. The Kier molecular flexibility index (Phi) is 3.00. The fourth-order valence-electron chi connectivity index (χ4n) is 2.05. The number of hydrogen-bond acceptors (Lipinski definition) is 3. The average Bonchev–Trinajstić information content (AvgIpc) is 2.24. The monoisotopic (exact) mass is 215 g/mol. The highest BCUT2D eigenvalue weighted by molar-refractivity contribution is 5.62. The van der Waals surface area contributed by atoms with Crippen LogP contribution in [0.15, 0.2) is 18.2 Å². The first-order valence-electron chi connectivity index (χ1n) is 5.71. The minimum atomic E-state index is 0.559. The van der Waals surface area contributed by atoms with Crippen LogP contribution >= 0.6 is 0 Å². The smallest absolute Gasteiger partial charge is 0.101 e. The van der Waals surface area contributed by atoms with Gasteiger partial charge in [-0.2, -0.15) is 5.26 Å². The van der Waals surface area contributed by atoms with Crippen molar-refractivity contribution >= 4 is 11.4 Å². The fourth-order valence-corrected chi connectivity index (χ4v) is 2.05. The molecule has 0 unspecified atom stereocenters. The predicted molar refractivity (Wildman–Crippen MR) is 66.2 cm³/mol. The molecule has 1 saturated carbocycles. The van der Waals surface area contributed by atoms with Crippen LogP contribution in [0.1, 0.15) is 24.8 Å². The van der Waals surface area contributed by atoms with Gasteiger partial charge in [-0.3, -0.25) is 0 Å². The van der Waals surface area contributed by atoms with Gasteiger partial charge < -0.3 is 10.6 Å². The summed E-state index contributed by atoms with van der Waals surface area (Å²) in [4.78, 5) is 2.21. The largest absolute Gasteiger partial charge is 0.398 e. The predicted octanol–water partition coefficient (Wildman–Crippen LogP) is 2.38. The van der Waals surface area contributed by atoms with E-state index in [1.165, 1.54) is 19.3 Å². The Bertz CT molecular complexity index is 416. The van der Waals surface area contributed by atoms with Gasteiger partial charge in [0.15, 0.2) is 0 Å². The normalized spacial score (nSPS) is 15.2. The molecule has 16 heavy (non-hydrogen) atoms. The molecule has 0 saturated heterocycles. The minimum Gasteiger partial charge on any atom is -0.398 e. The zero-order valence-electron chi connectivity index (χ0n) is 9.61. The highest BCUT2D eigenvalue weighted by Gasteiger charge is 2.19.